The van der Waals surface area contributed by atoms with Gasteiger partial charge in [-0.1, -0.05) is 6.07 Å². The minimum Gasteiger partial charge on any atom is -0.376 e. The van der Waals surface area contributed by atoms with Crippen LogP contribution in [0.4, 0.5) is 5.69 Å². The van der Waals surface area contributed by atoms with Crippen molar-refractivity contribution < 1.29 is 4.79 Å². The summed E-state index contributed by atoms with van der Waals surface area (Å²) < 4.78 is 0. The Kier molecular flexibility index (Phi) is 3.28. The molecule has 1 unspecified atom stereocenters. The molecule has 1 atom stereocenters. The van der Waals surface area contributed by atoms with E-state index in [0.29, 0.717) is 0 Å². The fourth-order valence-electron chi connectivity index (χ4n) is 2.23. The Morgan fingerprint density at radius 1 is 1.41 bits per heavy atom. The number of hydrogen-bond acceptors (Lipinski definition) is 2. The van der Waals surface area contributed by atoms with Crippen LogP contribution in [0.15, 0.2) is 18.2 Å². The van der Waals surface area contributed by atoms with Gasteiger partial charge in [0.2, 0.25) is 5.91 Å². The lowest BCUT2D eigenvalue weighted by atomic mass is 10.1. The summed E-state index contributed by atoms with van der Waals surface area (Å²) >= 11 is 4.80. The zero-order chi connectivity index (χ0) is 12.4. The monoisotopic (exact) mass is 249 g/mol. The van der Waals surface area contributed by atoms with Crippen LogP contribution in [0.25, 0.3) is 0 Å². The standard InChI is InChI=1S/C12H15N3OS/c1-7(16)14-11-4-8-2-3-10(15-12(13)17)5-9(8)6-11/h2-3,5,11H,4,6H2,1H3,(H,14,16)(H3,13,15,17). The molecule has 90 valence electrons. The normalized spacial score (nSPS) is 17.4. The highest BCUT2D eigenvalue weighted by molar-refractivity contribution is 7.80. The maximum atomic E-state index is 11.0. The van der Waals surface area contributed by atoms with Crippen molar-refractivity contribution in [3.63, 3.8) is 0 Å². The van der Waals surface area contributed by atoms with E-state index in [4.69, 9.17) is 18.0 Å². The van der Waals surface area contributed by atoms with Crippen molar-refractivity contribution in [3.8, 4) is 0 Å². The number of anilines is 1. The molecule has 0 aliphatic heterocycles. The number of thiocarbonyl (C=S) groups is 1. The first-order chi connectivity index (χ1) is 8.04. The van der Waals surface area contributed by atoms with Gasteiger partial charge in [0.1, 0.15) is 0 Å². The number of rotatable bonds is 2. The van der Waals surface area contributed by atoms with Gasteiger partial charge in [-0.3, -0.25) is 4.79 Å². The number of nitrogens with two attached hydrogens (primary N) is 1. The van der Waals surface area contributed by atoms with Crippen LogP contribution < -0.4 is 16.4 Å². The van der Waals surface area contributed by atoms with Crippen LogP contribution in [0.1, 0.15) is 18.1 Å². The van der Waals surface area contributed by atoms with E-state index in [1.54, 1.807) is 6.92 Å². The van der Waals surface area contributed by atoms with Crippen molar-refractivity contribution in [1.82, 2.24) is 5.32 Å². The zero-order valence-electron chi connectivity index (χ0n) is 9.62. The van der Waals surface area contributed by atoms with E-state index in [1.807, 2.05) is 12.1 Å². The smallest absolute Gasteiger partial charge is 0.217 e. The summed E-state index contributed by atoms with van der Waals surface area (Å²) in [6.07, 6.45) is 1.75. The first-order valence-corrected chi connectivity index (χ1v) is 5.91. The fraction of sp³-hybridized carbons (Fsp3) is 0.333. The molecule has 0 bridgehead atoms. The van der Waals surface area contributed by atoms with Crippen LogP contribution in [0.5, 0.6) is 0 Å². The third-order valence-electron chi connectivity index (χ3n) is 2.81. The van der Waals surface area contributed by atoms with Gasteiger partial charge in [0, 0.05) is 18.7 Å². The maximum Gasteiger partial charge on any atom is 0.217 e. The Balaban J connectivity index is 2.10. The second-order valence-corrected chi connectivity index (χ2v) is 4.72. The van der Waals surface area contributed by atoms with Crippen LogP contribution >= 0.6 is 12.2 Å². The highest BCUT2D eigenvalue weighted by Gasteiger charge is 2.21. The largest absolute Gasteiger partial charge is 0.376 e. The predicted molar refractivity (Wildman–Crippen MR) is 71.9 cm³/mol. The Hall–Kier alpha value is -1.62. The first kappa shape index (κ1) is 11.9. The quantitative estimate of drug-likeness (QED) is 0.683. The zero-order valence-corrected chi connectivity index (χ0v) is 10.4. The molecule has 1 aliphatic carbocycles. The van der Waals surface area contributed by atoms with Gasteiger partial charge in [0.05, 0.1) is 0 Å². The number of fused-ring (bicyclic) bond motifs is 1. The average Bonchev–Trinajstić information content (AvgIpc) is 2.56. The van der Waals surface area contributed by atoms with E-state index in [0.717, 1.165) is 18.5 Å². The molecule has 0 fully saturated rings. The molecule has 0 radical (unpaired) electrons. The van der Waals surface area contributed by atoms with Gasteiger partial charge >= 0.3 is 0 Å². The van der Waals surface area contributed by atoms with Crippen molar-refractivity contribution in [2.75, 3.05) is 5.32 Å². The molecule has 5 heteroatoms. The van der Waals surface area contributed by atoms with Gasteiger partial charge in [0.25, 0.3) is 0 Å². The average molecular weight is 249 g/mol. The van der Waals surface area contributed by atoms with Gasteiger partial charge in [-0.15, -0.1) is 0 Å². The highest BCUT2D eigenvalue weighted by Crippen LogP contribution is 2.25. The van der Waals surface area contributed by atoms with E-state index in [9.17, 15) is 4.79 Å². The third kappa shape index (κ3) is 2.94. The number of nitrogens with one attached hydrogen (secondary N) is 2. The lowest BCUT2D eigenvalue weighted by Gasteiger charge is -2.08. The molecule has 1 amide bonds. The summed E-state index contributed by atoms with van der Waals surface area (Å²) in [4.78, 5) is 11.0. The SMILES string of the molecule is CC(=O)NC1Cc2ccc(NC(N)=S)cc2C1. The Morgan fingerprint density at radius 2 is 2.12 bits per heavy atom. The summed E-state index contributed by atoms with van der Waals surface area (Å²) in [5.74, 6) is 0.0179. The van der Waals surface area contributed by atoms with Crippen molar-refractivity contribution in [2.45, 2.75) is 25.8 Å². The van der Waals surface area contributed by atoms with E-state index in [2.05, 4.69) is 16.7 Å². The molecule has 4 nitrogen and oxygen atoms in total. The minimum atomic E-state index is 0.0179. The molecular weight excluding hydrogens is 234 g/mol. The van der Waals surface area contributed by atoms with Crippen LogP contribution in [-0.4, -0.2) is 17.1 Å². The molecule has 17 heavy (non-hydrogen) atoms. The Bertz CT molecular complexity index is 473. The molecule has 2 rings (SSSR count). The molecule has 0 aromatic heterocycles. The van der Waals surface area contributed by atoms with Crippen molar-refractivity contribution in [3.05, 3.63) is 29.3 Å². The summed E-state index contributed by atoms with van der Waals surface area (Å²) in [5, 5.41) is 6.12. The first-order valence-electron chi connectivity index (χ1n) is 5.50. The molecule has 1 aliphatic rings. The van der Waals surface area contributed by atoms with Crippen molar-refractivity contribution in [1.29, 1.82) is 0 Å². The Labute approximate surface area is 106 Å². The number of carbonyl (C=O) groups excluding carboxylic acids is 1. The van der Waals surface area contributed by atoms with E-state index >= 15 is 0 Å². The van der Waals surface area contributed by atoms with E-state index in [1.165, 1.54) is 11.1 Å². The molecule has 0 saturated heterocycles. The lowest BCUT2D eigenvalue weighted by molar-refractivity contribution is -0.119. The summed E-state index contributed by atoms with van der Waals surface area (Å²) in [6, 6.07) is 6.25. The van der Waals surface area contributed by atoms with Gasteiger partial charge in [0.15, 0.2) is 5.11 Å². The number of carbonyl (C=O) groups is 1. The lowest BCUT2D eigenvalue weighted by Crippen LogP contribution is -2.33. The van der Waals surface area contributed by atoms with Crippen molar-refractivity contribution >= 4 is 28.9 Å². The Morgan fingerprint density at radius 3 is 2.76 bits per heavy atom. The molecule has 0 spiro atoms. The second kappa shape index (κ2) is 4.71. The summed E-state index contributed by atoms with van der Waals surface area (Å²) in [5.41, 5.74) is 8.84. The molecule has 0 heterocycles. The molecule has 1 aromatic carbocycles. The number of benzene rings is 1. The fourth-order valence-corrected chi connectivity index (χ4v) is 2.35. The van der Waals surface area contributed by atoms with Crippen LogP contribution in [0.2, 0.25) is 0 Å². The number of amides is 1. The van der Waals surface area contributed by atoms with Crippen LogP contribution in [0, 0.1) is 0 Å². The second-order valence-electron chi connectivity index (χ2n) is 4.28. The molecule has 1 aromatic rings. The molecular formula is C12H15N3OS. The van der Waals surface area contributed by atoms with Gasteiger partial charge in [-0.25, -0.2) is 0 Å². The molecule has 0 saturated carbocycles. The molecule has 4 N–H and O–H groups in total. The van der Waals surface area contributed by atoms with E-state index in [-0.39, 0.29) is 17.1 Å². The predicted octanol–water partition coefficient (Wildman–Crippen LogP) is 0.945. The summed E-state index contributed by atoms with van der Waals surface area (Å²) in [6.45, 7) is 1.54. The minimum absolute atomic E-state index is 0.0179. The van der Waals surface area contributed by atoms with Gasteiger partial charge in [-0.05, 0) is 48.3 Å². The summed E-state index contributed by atoms with van der Waals surface area (Å²) in [7, 11) is 0. The number of hydrogen-bond donors (Lipinski definition) is 3. The third-order valence-corrected chi connectivity index (χ3v) is 2.92. The van der Waals surface area contributed by atoms with E-state index < -0.39 is 0 Å². The van der Waals surface area contributed by atoms with Crippen molar-refractivity contribution in [2.24, 2.45) is 5.73 Å². The van der Waals surface area contributed by atoms with Crippen LogP contribution in [0.3, 0.4) is 0 Å². The highest BCUT2D eigenvalue weighted by atomic mass is 32.1. The van der Waals surface area contributed by atoms with Crippen LogP contribution in [-0.2, 0) is 17.6 Å². The van der Waals surface area contributed by atoms with Gasteiger partial charge < -0.3 is 16.4 Å². The maximum absolute atomic E-state index is 11.0. The van der Waals surface area contributed by atoms with Gasteiger partial charge in [-0.2, -0.15) is 0 Å². The topological polar surface area (TPSA) is 67.2 Å².